The number of halogens is 1. The van der Waals surface area contributed by atoms with Crippen molar-refractivity contribution in [2.75, 3.05) is 30.8 Å². The van der Waals surface area contributed by atoms with Gasteiger partial charge in [0, 0.05) is 24.5 Å². The van der Waals surface area contributed by atoms with Crippen LogP contribution in [0.4, 0.5) is 11.4 Å². The molecule has 1 aliphatic carbocycles. The van der Waals surface area contributed by atoms with Crippen LogP contribution in [0.3, 0.4) is 0 Å². The number of hydrogen-bond donors (Lipinski definition) is 1. The fraction of sp³-hybridized carbons (Fsp3) is 0.435. The van der Waals surface area contributed by atoms with Crippen molar-refractivity contribution in [2.24, 2.45) is 0 Å². The Morgan fingerprint density at radius 2 is 1.97 bits per heavy atom. The van der Waals surface area contributed by atoms with Crippen LogP contribution in [0.15, 0.2) is 42.5 Å². The molecule has 2 aromatic rings. The molecule has 2 aromatic carbocycles. The average Bonchev–Trinajstić information content (AvgIpc) is 3.17. The van der Waals surface area contributed by atoms with Crippen LogP contribution < -0.4 is 10.6 Å². The van der Waals surface area contributed by atoms with Crippen molar-refractivity contribution in [1.82, 2.24) is 4.90 Å². The molecule has 154 valence electrons. The van der Waals surface area contributed by atoms with Crippen molar-refractivity contribution in [2.45, 2.75) is 44.4 Å². The van der Waals surface area contributed by atoms with Gasteiger partial charge in [0.05, 0.1) is 29.3 Å². The minimum absolute atomic E-state index is 0.108. The summed E-state index contributed by atoms with van der Waals surface area (Å²) >= 11 is 6.36. The number of anilines is 2. The highest BCUT2D eigenvalue weighted by Crippen LogP contribution is 2.30. The van der Waals surface area contributed by atoms with Crippen LogP contribution in [0.2, 0.25) is 5.02 Å². The SMILES string of the molecule is CN1Cc2ccccc2N(C(=O)c2ccc(N)cc2Cl)CC1COC1CCCC1. The number of rotatable bonds is 4. The molecule has 29 heavy (non-hydrogen) atoms. The lowest BCUT2D eigenvalue weighted by atomic mass is 10.1. The van der Waals surface area contributed by atoms with E-state index in [2.05, 4.69) is 18.0 Å². The number of nitrogens with two attached hydrogens (primary N) is 1. The molecule has 0 aromatic heterocycles. The molecule has 0 bridgehead atoms. The summed E-state index contributed by atoms with van der Waals surface area (Å²) in [6.45, 7) is 1.95. The van der Waals surface area contributed by atoms with Crippen molar-refractivity contribution in [3.63, 3.8) is 0 Å². The lowest BCUT2D eigenvalue weighted by molar-refractivity contribution is 0.0186. The van der Waals surface area contributed by atoms with Crippen LogP contribution >= 0.6 is 11.6 Å². The van der Waals surface area contributed by atoms with E-state index in [9.17, 15) is 4.79 Å². The minimum atomic E-state index is -0.108. The van der Waals surface area contributed by atoms with E-state index in [4.69, 9.17) is 22.1 Å². The predicted octanol–water partition coefficient (Wildman–Crippen LogP) is 4.34. The molecule has 6 heteroatoms. The van der Waals surface area contributed by atoms with E-state index in [0.29, 0.717) is 35.5 Å². The number of carbonyl (C=O) groups is 1. The van der Waals surface area contributed by atoms with Crippen molar-refractivity contribution < 1.29 is 9.53 Å². The Bertz CT molecular complexity index is 882. The van der Waals surface area contributed by atoms with Gasteiger partial charge in [0.15, 0.2) is 0 Å². The lowest BCUT2D eigenvalue weighted by Crippen LogP contribution is -2.45. The third-order valence-corrected chi connectivity index (χ3v) is 6.33. The van der Waals surface area contributed by atoms with Gasteiger partial charge in [0.25, 0.3) is 5.91 Å². The molecule has 1 aliphatic heterocycles. The summed E-state index contributed by atoms with van der Waals surface area (Å²) in [7, 11) is 2.10. The Balaban J connectivity index is 1.62. The minimum Gasteiger partial charge on any atom is -0.399 e. The third kappa shape index (κ3) is 4.42. The third-order valence-electron chi connectivity index (χ3n) is 6.01. The Hall–Kier alpha value is -2.08. The molecular weight excluding hydrogens is 386 g/mol. The van der Waals surface area contributed by atoms with Crippen LogP contribution in [0.5, 0.6) is 0 Å². The summed E-state index contributed by atoms with van der Waals surface area (Å²) in [5.41, 5.74) is 8.88. The second-order valence-corrected chi connectivity index (χ2v) is 8.50. The fourth-order valence-corrected chi connectivity index (χ4v) is 4.55. The summed E-state index contributed by atoms with van der Waals surface area (Å²) in [6.07, 6.45) is 5.12. The van der Waals surface area contributed by atoms with E-state index in [1.807, 2.05) is 23.1 Å². The van der Waals surface area contributed by atoms with Crippen LogP contribution in [0, 0.1) is 0 Å². The number of nitrogens with zero attached hydrogens (tertiary/aromatic N) is 2. The van der Waals surface area contributed by atoms with Gasteiger partial charge in [-0.1, -0.05) is 42.6 Å². The van der Waals surface area contributed by atoms with Crippen molar-refractivity contribution >= 4 is 28.9 Å². The van der Waals surface area contributed by atoms with Gasteiger partial charge in [0.1, 0.15) is 0 Å². The van der Waals surface area contributed by atoms with Crippen LogP contribution in [0.25, 0.3) is 0 Å². The quantitative estimate of drug-likeness (QED) is 0.757. The molecule has 1 unspecified atom stereocenters. The number of benzene rings is 2. The molecule has 4 rings (SSSR count). The number of para-hydroxylation sites is 1. The number of fused-ring (bicyclic) bond motifs is 1. The van der Waals surface area contributed by atoms with Gasteiger partial charge in [-0.2, -0.15) is 0 Å². The van der Waals surface area contributed by atoms with E-state index >= 15 is 0 Å². The molecule has 1 amide bonds. The summed E-state index contributed by atoms with van der Waals surface area (Å²) in [6, 6.07) is 13.2. The molecular formula is C23H28ClN3O2. The van der Waals surface area contributed by atoms with Crippen LogP contribution in [-0.2, 0) is 11.3 Å². The smallest absolute Gasteiger partial charge is 0.259 e. The maximum atomic E-state index is 13.5. The number of carbonyl (C=O) groups excluding carboxylic acids is 1. The molecule has 1 heterocycles. The van der Waals surface area contributed by atoms with E-state index in [1.54, 1.807) is 18.2 Å². The fourth-order valence-electron chi connectivity index (χ4n) is 4.28. The Morgan fingerprint density at radius 3 is 2.72 bits per heavy atom. The molecule has 2 N–H and O–H groups in total. The van der Waals surface area contributed by atoms with Crippen molar-refractivity contribution in [1.29, 1.82) is 0 Å². The van der Waals surface area contributed by atoms with Crippen LogP contribution in [0.1, 0.15) is 41.6 Å². The van der Waals surface area contributed by atoms with Crippen molar-refractivity contribution in [3.05, 3.63) is 58.6 Å². The monoisotopic (exact) mass is 413 g/mol. The number of nitrogen functional groups attached to an aromatic ring is 1. The van der Waals surface area contributed by atoms with Gasteiger partial charge in [-0.25, -0.2) is 0 Å². The normalized spacial score (nSPS) is 20.5. The Kier molecular flexibility index (Phi) is 6.09. The first-order chi connectivity index (χ1) is 14.0. The summed E-state index contributed by atoms with van der Waals surface area (Å²) in [5, 5.41) is 0.379. The molecule has 0 spiro atoms. The second kappa shape index (κ2) is 8.74. The zero-order valence-electron chi connectivity index (χ0n) is 16.8. The number of amides is 1. The summed E-state index contributed by atoms with van der Waals surface area (Å²) < 4.78 is 6.22. The highest BCUT2D eigenvalue weighted by molar-refractivity contribution is 6.34. The average molecular weight is 414 g/mol. The molecule has 1 atom stereocenters. The van der Waals surface area contributed by atoms with Gasteiger partial charge >= 0.3 is 0 Å². The maximum Gasteiger partial charge on any atom is 0.259 e. The topological polar surface area (TPSA) is 58.8 Å². The predicted molar refractivity (Wildman–Crippen MR) is 117 cm³/mol. The molecule has 1 saturated carbocycles. The van der Waals surface area contributed by atoms with E-state index < -0.39 is 0 Å². The number of hydrogen-bond acceptors (Lipinski definition) is 4. The molecule has 2 aliphatic rings. The van der Waals surface area contributed by atoms with Gasteiger partial charge in [-0.05, 0) is 49.7 Å². The first-order valence-electron chi connectivity index (χ1n) is 10.3. The van der Waals surface area contributed by atoms with E-state index in [0.717, 1.165) is 30.6 Å². The molecule has 0 saturated heterocycles. The van der Waals surface area contributed by atoms with Gasteiger partial charge in [0.2, 0.25) is 0 Å². The summed E-state index contributed by atoms with van der Waals surface area (Å²) in [5.74, 6) is -0.108. The first-order valence-corrected chi connectivity index (χ1v) is 10.7. The molecule has 1 fully saturated rings. The Morgan fingerprint density at radius 1 is 1.21 bits per heavy atom. The standard InChI is InChI=1S/C23H28ClN3O2/c1-26-13-16-6-2-5-9-22(16)27(14-18(26)15-29-19-7-3-4-8-19)23(28)20-11-10-17(25)12-21(20)24/h2,5-6,9-12,18-19H,3-4,7-8,13-15,25H2,1H3. The largest absolute Gasteiger partial charge is 0.399 e. The highest BCUT2D eigenvalue weighted by Gasteiger charge is 2.31. The van der Waals surface area contributed by atoms with Crippen LogP contribution in [-0.4, -0.2) is 43.2 Å². The van der Waals surface area contributed by atoms with E-state index in [-0.39, 0.29) is 11.9 Å². The van der Waals surface area contributed by atoms with E-state index in [1.165, 1.54) is 12.8 Å². The second-order valence-electron chi connectivity index (χ2n) is 8.09. The maximum absolute atomic E-state index is 13.5. The zero-order valence-corrected chi connectivity index (χ0v) is 17.6. The molecule has 0 radical (unpaired) electrons. The zero-order chi connectivity index (χ0) is 20.4. The van der Waals surface area contributed by atoms with Gasteiger partial charge < -0.3 is 15.4 Å². The van der Waals surface area contributed by atoms with Gasteiger partial charge in [-0.15, -0.1) is 0 Å². The number of ether oxygens (including phenoxy) is 1. The Labute approximate surface area is 177 Å². The lowest BCUT2D eigenvalue weighted by Gasteiger charge is -2.30. The van der Waals surface area contributed by atoms with Gasteiger partial charge in [-0.3, -0.25) is 9.69 Å². The highest BCUT2D eigenvalue weighted by atomic mass is 35.5. The summed E-state index contributed by atoms with van der Waals surface area (Å²) in [4.78, 5) is 17.6. The number of likely N-dealkylation sites (N-methyl/N-ethyl adjacent to an activating group) is 1. The van der Waals surface area contributed by atoms with Crippen molar-refractivity contribution in [3.8, 4) is 0 Å². The molecule has 5 nitrogen and oxygen atoms in total. The first kappa shape index (κ1) is 20.2.